The lowest BCUT2D eigenvalue weighted by atomic mass is 10.0. The van der Waals surface area contributed by atoms with Crippen molar-refractivity contribution in [3.05, 3.63) is 21.4 Å². The molecular weight excluding hydrogens is 240 g/mol. The van der Waals surface area contributed by atoms with E-state index in [0.29, 0.717) is 0 Å². The van der Waals surface area contributed by atoms with Crippen LogP contribution in [-0.2, 0) is 13.1 Å². The first-order chi connectivity index (χ1) is 8.61. The third-order valence-electron chi connectivity index (χ3n) is 3.98. The monoisotopic (exact) mass is 266 g/mol. The smallest absolute Gasteiger partial charge is 0.0296 e. The van der Waals surface area contributed by atoms with Crippen LogP contribution in [0.1, 0.15) is 42.0 Å². The van der Waals surface area contributed by atoms with Gasteiger partial charge in [-0.3, -0.25) is 4.90 Å². The second-order valence-electron chi connectivity index (χ2n) is 5.75. The molecule has 1 aromatic heterocycles. The molecule has 1 saturated heterocycles. The Morgan fingerprint density at radius 2 is 2.28 bits per heavy atom. The summed E-state index contributed by atoms with van der Waals surface area (Å²) in [5.41, 5.74) is 1.54. The van der Waals surface area contributed by atoms with Crippen LogP contribution in [0.25, 0.3) is 0 Å². The molecule has 0 radical (unpaired) electrons. The Kier molecular flexibility index (Phi) is 4.82. The van der Waals surface area contributed by atoms with Crippen molar-refractivity contribution in [2.45, 2.75) is 52.7 Å². The molecule has 2 nitrogen and oxygen atoms in total. The molecule has 1 fully saturated rings. The first-order valence-electron chi connectivity index (χ1n) is 7.08. The third kappa shape index (κ3) is 3.14. The van der Waals surface area contributed by atoms with Gasteiger partial charge in [0.15, 0.2) is 0 Å². The highest BCUT2D eigenvalue weighted by molar-refractivity contribution is 7.12. The van der Waals surface area contributed by atoms with Crippen molar-refractivity contribution >= 4 is 11.3 Å². The van der Waals surface area contributed by atoms with E-state index in [9.17, 15) is 0 Å². The first-order valence-corrected chi connectivity index (χ1v) is 7.90. The summed E-state index contributed by atoms with van der Waals surface area (Å²) < 4.78 is 0. The average molecular weight is 266 g/mol. The van der Waals surface area contributed by atoms with Gasteiger partial charge in [0.2, 0.25) is 0 Å². The Hall–Kier alpha value is -0.380. The predicted molar refractivity (Wildman–Crippen MR) is 80.1 cm³/mol. The van der Waals surface area contributed by atoms with Crippen molar-refractivity contribution < 1.29 is 0 Å². The SMILES string of the molecule is CNCc1cc(CN2CCCC2C(C)C)c(C)s1. The molecule has 0 saturated carbocycles. The maximum Gasteiger partial charge on any atom is 0.0296 e. The van der Waals surface area contributed by atoms with Gasteiger partial charge in [-0.2, -0.15) is 0 Å². The van der Waals surface area contributed by atoms with Crippen LogP contribution in [0.15, 0.2) is 6.07 Å². The lowest BCUT2D eigenvalue weighted by Crippen LogP contribution is -2.32. The van der Waals surface area contributed by atoms with Crippen molar-refractivity contribution in [2.24, 2.45) is 5.92 Å². The maximum absolute atomic E-state index is 3.24. The summed E-state index contributed by atoms with van der Waals surface area (Å²) in [6.07, 6.45) is 2.75. The molecule has 1 N–H and O–H groups in total. The molecule has 0 spiro atoms. The zero-order valence-corrected chi connectivity index (χ0v) is 12.9. The minimum Gasteiger partial charge on any atom is -0.315 e. The van der Waals surface area contributed by atoms with Crippen LogP contribution in [0.5, 0.6) is 0 Å². The Labute approximate surface area is 115 Å². The van der Waals surface area contributed by atoms with Crippen LogP contribution in [0.3, 0.4) is 0 Å². The molecule has 1 unspecified atom stereocenters. The van der Waals surface area contributed by atoms with Crippen molar-refractivity contribution in [3.63, 3.8) is 0 Å². The van der Waals surface area contributed by atoms with E-state index < -0.39 is 0 Å². The first kappa shape index (κ1) is 14.0. The van der Waals surface area contributed by atoms with Crippen LogP contribution in [0, 0.1) is 12.8 Å². The van der Waals surface area contributed by atoms with Crippen molar-refractivity contribution in [2.75, 3.05) is 13.6 Å². The second-order valence-corrected chi connectivity index (χ2v) is 7.09. The average Bonchev–Trinajstić information content (AvgIpc) is 2.88. The molecule has 2 heterocycles. The van der Waals surface area contributed by atoms with Gasteiger partial charge in [-0.1, -0.05) is 13.8 Å². The molecule has 2 rings (SSSR count). The summed E-state index contributed by atoms with van der Waals surface area (Å²) in [5.74, 6) is 0.781. The largest absolute Gasteiger partial charge is 0.315 e. The maximum atomic E-state index is 3.24. The molecule has 1 atom stereocenters. The highest BCUT2D eigenvalue weighted by atomic mass is 32.1. The minimum absolute atomic E-state index is 0.781. The second kappa shape index (κ2) is 6.18. The zero-order valence-electron chi connectivity index (χ0n) is 12.1. The van der Waals surface area contributed by atoms with Crippen LogP contribution in [0.2, 0.25) is 0 Å². The molecule has 1 aliphatic rings. The fraction of sp³-hybridized carbons (Fsp3) is 0.733. The molecule has 0 amide bonds. The number of nitrogens with zero attached hydrogens (tertiary/aromatic N) is 1. The number of hydrogen-bond acceptors (Lipinski definition) is 3. The Bertz CT molecular complexity index is 384. The third-order valence-corrected chi connectivity index (χ3v) is 5.07. The number of aryl methyl sites for hydroxylation is 1. The van der Waals surface area contributed by atoms with E-state index in [1.807, 2.05) is 18.4 Å². The van der Waals surface area contributed by atoms with Crippen LogP contribution >= 0.6 is 11.3 Å². The van der Waals surface area contributed by atoms with Gasteiger partial charge in [0.25, 0.3) is 0 Å². The molecule has 0 aromatic carbocycles. The van der Waals surface area contributed by atoms with E-state index in [-0.39, 0.29) is 0 Å². The highest BCUT2D eigenvalue weighted by Gasteiger charge is 2.27. The van der Waals surface area contributed by atoms with Crippen molar-refractivity contribution in [3.8, 4) is 0 Å². The van der Waals surface area contributed by atoms with Crippen molar-refractivity contribution in [1.29, 1.82) is 0 Å². The van der Waals surface area contributed by atoms with Crippen LogP contribution in [0.4, 0.5) is 0 Å². The number of nitrogens with one attached hydrogen (secondary N) is 1. The van der Waals surface area contributed by atoms with Gasteiger partial charge in [0.05, 0.1) is 0 Å². The van der Waals surface area contributed by atoms with Gasteiger partial charge < -0.3 is 5.32 Å². The fourth-order valence-corrected chi connectivity index (χ4v) is 4.09. The molecule has 18 heavy (non-hydrogen) atoms. The van der Waals surface area contributed by atoms with E-state index >= 15 is 0 Å². The van der Waals surface area contributed by atoms with Gasteiger partial charge in [-0.15, -0.1) is 11.3 Å². The summed E-state index contributed by atoms with van der Waals surface area (Å²) in [5, 5.41) is 3.24. The zero-order chi connectivity index (χ0) is 13.1. The Morgan fingerprint density at radius 3 is 2.94 bits per heavy atom. The van der Waals surface area contributed by atoms with Gasteiger partial charge >= 0.3 is 0 Å². The molecule has 3 heteroatoms. The fourth-order valence-electron chi connectivity index (χ4n) is 3.03. The Balaban J connectivity index is 2.04. The van der Waals surface area contributed by atoms with Gasteiger partial charge in [0.1, 0.15) is 0 Å². The summed E-state index contributed by atoms with van der Waals surface area (Å²) in [4.78, 5) is 5.64. The molecule has 0 aliphatic carbocycles. The number of rotatable bonds is 5. The predicted octanol–water partition coefficient (Wildman–Crippen LogP) is 3.40. The van der Waals surface area contributed by atoms with Gasteiger partial charge in [0, 0.05) is 28.9 Å². The lowest BCUT2D eigenvalue weighted by Gasteiger charge is -2.27. The topological polar surface area (TPSA) is 15.3 Å². The highest BCUT2D eigenvalue weighted by Crippen LogP contribution is 2.29. The van der Waals surface area contributed by atoms with E-state index in [4.69, 9.17) is 0 Å². The molecule has 1 aliphatic heterocycles. The molecule has 0 bridgehead atoms. The number of thiophene rings is 1. The molecular formula is C15H26N2S. The van der Waals surface area contributed by atoms with E-state index in [1.165, 1.54) is 34.7 Å². The quantitative estimate of drug-likeness (QED) is 0.879. The number of hydrogen-bond donors (Lipinski definition) is 1. The summed E-state index contributed by atoms with van der Waals surface area (Å²) in [6.45, 7) is 10.4. The standard InChI is InChI=1S/C15H26N2S/c1-11(2)15-6-5-7-17(15)10-13-8-14(9-16-4)18-12(13)3/h8,11,15-16H,5-7,9-10H2,1-4H3. The summed E-state index contributed by atoms with van der Waals surface area (Å²) >= 11 is 1.94. The number of likely N-dealkylation sites (tertiary alicyclic amines) is 1. The minimum atomic E-state index is 0.781. The van der Waals surface area contributed by atoms with E-state index in [1.54, 1.807) is 0 Å². The van der Waals surface area contributed by atoms with Crippen LogP contribution < -0.4 is 5.32 Å². The normalized spacial score (nSPS) is 21.1. The summed E-state index contributed by atoms with van der Waals surface area (Å²) in [6, 6.07) is 3.18. The molecule has 1 aromatic rings. The van der Waals surface area contributed by atoms with Crippen LogP contribution in [-0.4, -0.2) is 24.5 Å². The van der Waals surface area contributed by atoms with Gasteiger partial charge in [-0.05, 0) is 50.9 Å². The summed E-state index contributed by atoms with van der Waals surface area (Å²) in [7, 11) is 2.02. The Morgan fingerprint density at radius 1 is 1.50 bits per heavy atom. The lowest BCUT2D eigenvalue weighted by molar-refractivity contribution is 0.199. The van der Waals surface area contributed by atoms with E-state index in [0.717, 1.165) is 25.0 Å². The van der Waals surface area contributed by atoms with Crippen molar-refractivity contribution in [1.82, 2.24) is 10.2 Å². The molecule has 102 valence electrons. The van der Waals surface area contributed by atoms with Gasteiger partial charge in [-0.25, -0.2) is 0 Å². The van der Waals surface area contributed by atoms with E-state index in [2.05, 4.69) is 37.1 Å².